The van der Waals surface area contributed by atoms with Gasteiger partial charge in [-0.15, -0.1) is 0 Å². The Morgan fingerprint density at radius 2 is 1.95 bits per heavy atom. The van der Waals surface area contributed by atoms with Crippen LogP contribution in [0.1, 0.15) is 36.8 Å². The van der Waals surface area contributed by atoms with E-state index < -0.39 is 0 Å². The standard InChI is InChI=1S/C16H24N2O/c1-11-3-6-16(19-2)12(7-11)10-18-14-4-5-15(18)9-13(17)8-14/h3,6-7,13-15H,4-5,8-10,17H2,1-2H3. The van der Waals surface area contributed by atoms with E-state index in [9.17, 15) is 0 Å². The van der Waals surface area contributed by atoms with E-state index >= 15 is 0 Å². The van der Waals surface area contributed by atoms with Gasteiger partial charge in [0.05, 0.1) is 7.11 Å². The lowest BCUT2D eigenvalue weighted by atomic mass is 9.97. The van der Waals surface area contributed by atoms with Crippen LogP contribution in [0.15, 0.2) is 18.2 Å². The third-order valence-corrected chi connectivity index (χ3v) is 4.71. The number of hydrogen-bond donors (Lipinski definition) is 1. The number of fused-ring (bicyclic) bond motifs is 2. The van der Waals surface area contributed by atoms with Crippen LogP contribution in [-0.2, 0) is 6.54 Å². The van der Waals surface area contributed by atoms with Gasteiger partial charge < -0.3 is 10.5 Å². The Morgan fingerprint density at radius 3 is 2.58 bits per heavy atom. The van der Waals surface area contributed by atoms with Crippen molar-refractivity contribution in [3.05, 3.63) is 29.3 Å². The van der Waals surface area contributed by atoms with E-state index in [0.29, 0.717) is 18.1 Å². The number of nitrogens with two attached hydrogens (primary N) is 1. The van der Waals surface area contributed by atoms with Gasteiger partial charge in [0.1, 0.15) is 5.75 Å². The summed E-state index contributed by atoms with van der Waals surface area (Å²) >= 11 is 0. The Labute approximate surface area is 115 Å². The van der Waals surface area contributed by atoms with Crippen LogP contribution in [0.25, 0.3) is 0 Å². The first-order chi connectivity index (χ1) is 9.17. The molecule has 2 unspecified atom stereocenters. The molecule has 2 atom stereocenters. The molecule has 0 radical (unpaired) electrons. The second-order valence-corrected chi connectivity index (χ2v) is 6.10. The number of aryl methyl sites for hydroxylation is 1. The summed E-state index contributed by atoms with van der Waals surface area (Å²) in [6, 6.07) is 8.23. The normalized spacial score (nSPS) is 30.6. The number of methoxy groups -OCH3 is 1. The van der Waals surface area contributed by atoms with Gasteiger partial charge in [-0.3, -0.25) is 4.90 Å². The monoisotopic (exact) mass is 260 g/mol. The van der Waals surface area contributed by atoms with Crippen LogP contribution in [-0.4, -0.2) is 30.1 Å². The van der Waals surface area contributed by atoms with E-state index in [1.807, 2.05) is 0 Å². The van der Waals surface area contributed by atoms with Gasteiger partial charge in [-0.25, -0.2) is 0 Å². The van der Waals surface area contributed by atoms with Gasteiger partial charge in [0.2, 0.25) is 0 Å². The molecule has 2 aliphatic heterocycles. The Kier molecular flexibility index (Phi) is 3.50. The fraction of sp³-hybridized carbons (Fsp3) is 0.625. The highest BCUT2D eigenvalue weighted by Crippen LogP contribution is 2.37. The predicted octanol–water partition coefficient (Wildman–Crippen LogP) is 2.46. The summed E-state index contributed by atoms with van der Waals surface area (Å²) in [7, 11) is 1.76. The van der Waals surface area contributed by atoms with Gasteiger partial charge in [0.15, 0.2) is 0 Å². The second kappa shape index (κ2) is 5.14. The summed E-state index contributed by atoms with van der Waals surface area (Å²) in [6.45, 7) is 3.15. The molecular weight excluding hydrogens is 236 g/mol. The molecule has 2 aliphatic rings. The van der Waals surface area contributed by atoms with E-state index in [1.165, 1.54) is 24.0 Å². The van der Waals surface area contributed by atoms with Crippen LogP contribution in [0.2, 0.25) is 0 Å². The van der Waals surface area contributed by atoms with Crippen molar-refractivity contribution in [3.63, 3.8) is 0 Å². The zero-order valence-electron chi connectivity index (χ0n) is 11.9. The van der Waals surface area contributed by atoms with Crippen molar-refractivity contribution >= 4 is 0 Å². The molecule has 1 aromatic carbocycles. The summed E-state index contributed by atoms with van der Waals surface area (Å²) in [4.78, 5) is 2.65. The minimum atomic E-state index is 0.410. The molecule has 2 N–H and O–H groups in total. The first-order valence-corrected chi connectivity index (χ1v) is 7.32. The largest absolute Gasteiger partial charge is 0.496 e. The van der Waals surface area contributed by atoms with E-state index in [4.69, 9.17) is 10.5 Å². The molecule has 104 valence electrons. The van der Waals surface area contributed by atoms with Gasteiger partial charge in [-0.2, -0.15) is 0 Å². The van der Waals surface area contributed by atoms with Crippen LogP contribution in [0, 0.1) is 6.92 Å². The zero-order chi connectivity index (χ0) is 13.4. The van der Waals surface area contributed by atoms with Crippen LogP contribution in [0.3, 0.4) is 0 Å². The molecule has 2 bridgehead atoms. The average molecular weight is 260 g/mol. The maximum Gasteiger partial charge on any atom is 0.123 e. The third-order valence-electron chi connectivity index (χ3n) is 4.71. The Morgan fingerprint density at radius 1 is 1.26 bits per heavy atom. The summed E-state index contributed by atoms with van der Waals surface area (Å²) in [5, 5.41) is 0. The van der Waals surface area contributed by atoms with Crippen molar-refractivity contribution in [2.45, 2.75) is 57.3 Å². The Bertz CT molecular complexity index is 446. The van der Waals surface area contributed by atoms with Gasteiger partial charge in [0.25, 0.3) is 0 Å². The SMILES string of the molecule is COc1ccc(C)cc1CN1C2CCC1CC(N)C2. The lowest BCUT2D eigenvalue weighted by Gasteiger charge is -2.38. The van der Waals surface area contributed by atoms with Gasteiger partial charge in [-0.1, -0.05) is 17.7 Å². The highest BCUT2D eigenvalue weighted by atomic mass is 16.5. The molecular formula is C16H24N2O. The van der Waals surface area contributed by atoms with Gasteiger partial charge >= 0.3 is 0 Å². The third kappa shape index (κ3) is 2.49. The number of nitrogens with zero attached hydrogens (tertiary/aromatic N) is 1. The first kappa shape index (κ1) is 12.9. The number of ether oxygens (including phenoxy) is 1. The van der Waals surface area contributed by atoms with Crippen LogP contribution >= 0.6 is 0 Å². The van der Waals surface area contributed by atoms with Gasteiger partial charge in [0, 0.05) is 30.2 Å². The fourth-order valence-corrected chi connectivity index (χ4v) is 3.80. The molecule has 3 heteroatoms. The number of benzene rings is 1. The maximum atomic E-state index is 6.14. The highest BCUT2D eigenvalue weighted by molar-refractivity contribution is 5.37. The van der Waals surface area contributed by atoms with Crippen molar-refractivity contribution < 1.29 is 4.74 Å². The lowest BCUT2D eigenvalue weighted by Crippen LogP contribution is -2.46. The van der Waals surface area contributed by atoms with E-state index in [2.05, 4.69) is 30.0 Å². The molecule has 2 heterocycles. The summed E-state index contributed by atoms with van der Waals surface area (Å²) in [6.07, 6.45) is 4.94. The maximum absolute atomic E-state index is 6.14. The van der Waals surface area contributed by atoms with Crippen molar-refractivity contribution in [1.29, 1.82) is 0 Å². The fourth-order valence-electron chi connectivity index (χ4n) is 3.80. The van der Waals surface area contributed by atoms with Crippen molar-refractivity contribution in [3.8, 4) is 5.75 Å². The average Bonchev–Trinajstić information content (AvgIpc) is 2.62. The topological polar surface area (TPSA) is 38.5 Å². The van der Waals surface area contributed by atoms with Crippen LogP contribution < -0.4 is 10.5 Å². The number of piperidine rings is 1. The molecule has 0 aromatic heterocycles. The highest BCUT2D eigenvalue weighted by Gasteiger charge is 2.39. The second-order valence-electron chi connectivity index (χ2n) is 6.10. The van der Waals surface area contributed by atoms with Crippen LogP contribution in [0.5, 0.6) is 5.75 Å². The van der Waals surface area contributed by atoms with Crippen LogP contribution in [0.4, 0.5) is 0 Å². The molecule has 0 amide bonds. The molecule has 19 heavy (non-hydrogen) atoms. The first-order valence-electron chi connectivity index (χ1n) is 7.32. The van der Waals surface area contributed by atoms with E-state index in [1.54, 1.807) is 7.11 Å². The summed E-state index contributed by atoms with van der Waals surface area (Å²) in [5.74, 6) is 1.01. The molecule has 3 nitrogen and oxygen atoms in total. The Balaban J connectivity index is 1.80. The zero-order valence-corrected chi connectivity index (χ0v) is 11.9. The van der Waals surface area contributed by atoms with Crippen molar-refractivity contribution in [2.24, 2.45) is 5.73 Å². The molecule has 0 spiro atoms. The summed E-state index contributed by atoms with van der Waals surface area (Å²) < 4.78 is 5.50. The predicted molar refractivity (Wildman–Crippen MR) is 77.3 cm³/mol. The molecule has 1 aromatic rings. The molecule has 0 saturated carbocycles. The molecule has 2 fully saturated rings. The lowest BCUT2D eigenvalue weighted by molar-refractivity contribution is 0.119. The molecule has 2 saturated heterocycles. The van der Waals surface area contributed by atoms with Crippen molar-refractivity contribution in [2.75, 3.05) is 7.11 Å². The minimum Gasteiger partial charge on any atom is -0.496 e. The van der Waals surface area contributed by atoms with Crippen molar-refractivity contribution in [1.82, 2.24) is 4.90 Å². The molecule has 0 aliphatic carbocycles. The van der Waals surface area contributed by atoms with E-state index in [0.717, 1.165) is 25.1 Å². The summed E-state index contributed by atoms with van der Waals surface area (Å²) in [5.41, 5.74) is 8.76. The number of rotatable bonds is 3. The quantitative estimate of drug-likeness (QED) is 0.907. The number of hydrogen-bond acceptors (Lipinski definition) is 3. The minimum absolute atomic E-state index is 0.410. The molecule has 3 rings (SSSR count). The smallest absolute Gasteiger partial charge is 0.123 e. The Hall–Kier alpha value is -1.06. The van der Waals surface area contributed by atoms with Gasteiger partial charge in [-0.05, 0) is 38.7 Å². The van der Waals surface area contributed by atoms with E-state index in [-0.39, 0.29) is 0 Å².